The summed E-state index contributed by atoms with van der Waals surface area (Å²) in [5.74, 6) is -1.13. The fraction of sp³-hybridized carbons (Fsp3) is 0.200. The van der Waals surface area contributed by atoms with Crippen molar-refractivity contribution in [2.45, 2.75) is 17.7 Å². The van der Waals surface area contributed by atoms with Gasteiger partial charge in [-0.1, -0.05) is 6.07 Å². The molecule has 0 aliphatic heterocycles. The number of benzene rings is 2. The molecular weight excluding hydrogens is 363 g/mol. The average molecular weight is 377 g/mol. The van der Waals surface area contributed by atoms with E-state index in [9.17, 15) is 31.8 Å². The summed E-state index contributed by atoms with van der Waals surface area (Å²) in [5.41, 5.74) is 0.590. The second kappa shape index (κ2) is 7.19. The normalized spacial score (nSPS) is 12.1. The Balaban J connectivity index is 1.97. The lowest BCUT2D eigenvalue weighted by Crippen LogP contribution is -2.26. The third-order valence-electron chi connectivity index (χ3n) is 3.11. The molecule has 0 aromatic heterocycles. The summed E-state index contributed by atoms with van der Waals surface area (Å²) < 4.78 is 66.3. The van der Waals surface area contributed by atoms with Crippen molar-refractivity contribution in [2.75, 3.05) is 6.54 Å². The fourth-order valence-corrected chi connectivity index (χ4v) is 2.99. The highest BCUT2D eigenvalue weighted by Crippen LogP contribution is 2.25. The molecular formula is C15H14F3NO5S. The van der Waals surface area contributed by atoms with Crippen molar-refractivity contribution in [1.82, 2.24) is 4.72 Å². The van der Waals surface area contributed by atoms with E-state index in [2.05, 4.69) is 9.46 Å². The first kappa shape index (κ1) is 18.9. The molecule has 0 aliphatic carbocycles. The number of phenols is 2. The minimum Gasteiger partial charge on any atom is -0.504 e. The highest BCUT2D eigenvalue weighted by molar-refractivity contribution is 7.89. The van der Waals surface area contributed by atoms with Crippen LogP contribution in [-0.4, -0.2) is 31.5 Å². The molecule has 3 N–H and O–H groups in total. The summed E-state index contributed by atoms with van der Waals surface area (Å²) in [7, 11) is -3.91. The number of phenolic OH excluding ortho intramolecular Hbond substituents is 2. The molecule has 2 aromatic carbocycles. The van der Waals surface area contributed by atoms with Crippen molar-refractivity contribution >= 4 is 10.0 Å². The average Bonchev–Trinajstić information content (AvgIpc) is 2.49. The van der Waals surface area contributed by atoms with E-state index in [4.69, 9.17) is 0 Å². The Hall–Kier alpha value is -2.46. The van der Waals surface area contributed by atoms with Crippen LogP contribution in [0.5, 0.6) is 17.2 Å². The lowest BCUT2D eigenvalue weighted by Gasteiger charge is -2.10. The van der Waals surface area contributed by atoms with Crippen LogP contribution in [-0.2, 0) is 16.4 Å². The minimum absolute atomic E-state index is 0.00660. The summed E-state index contributed by atoms with van der Waals surface area (Å²) in [6.45, 7) is -0.00660. The van der Waals surface area contributed by atoms with Crippen LogP contribution in [0, 0.1) is 0 Å². The molecule has 25 heavy (non-hydrogen) atoms. The van der Waals surface area contributed by atoms with Crippen LogP contribution in [0.3, 0.4) is 0 Å². The van der Waals surface area contributed by atoms with E-state index in [1.165, 1.54) is 18.2 Å². The predicted molar refractivity (Wildman–Crippen MR) is 81.8 cm³/mol. The van der Waals surface area contributed by atoms with Crippen molar-refractivity contribution in [3.05, 3.63) is 48.0 Å². The minimum atomic E-state index is -4.85. The summed E-state index contributed by atoms with van der Waals surface area (Å²) >= 11 is 0. The van der Waals surface area contributed by atoms with Gasteiger partial charge in [-0.3, -0.25) is 0 Å². The summed E-state index contributed by atoms with van der Waals surface area (Å²) in [6.07, 6.45) is -4.61. The molecule has 0 aliphatic rings. The number of aromatic hydroxyl groups is 2. The van der Waals surface area contributed by atoms with E-state index in [0.717, 1.165) is 24.3 Å². The van der Waals surface area contributed by atoms with Crippen LogP contribution < -0.4 is 9.46 Å². The molecule has 0 fully saturated rings. The van der Waals surface area contributed by atoms with Crippen LogP contribution in [0.15, 0.2) is 47.4 Å². The number of alkyl halides is 3. The number of hydrogen-bond donors (Lipinski definition) is 3. The first-order valence-electron chi connectivity index (χ1n) is 6.93. The zero-order chi connectivity index (χ0) is 18.7. The summed E-state index contributed by atoms with van der Waals surface area (Å²) in [4.78, 5) is -0.212. The van der Waals surface area contributed by atoms with Crippen molar-refractivity contribution in [3.8, 4) is 17.2 Å². The van der Waals surface area contributed by atoms with Gasteiger partial charge in [-0.05, 0) is 48.4 Å². The number of ether oxygens (including phenoxy) is 1. The topological polar surface area (TPSA) is 95.9 Å². The molecule has 10 heteroatoms. The van der Waals surface area contributed by atoms with E-state index in [0.29, 0.717) is 5.56 Å². The smallest absolute Gasteiger partial charge is 0.504 e. The number of sulfonamides is 1. The van der Waals surface area contributed by atoms with Gasteiger partial charge in [0.25, 0.3) is 0 Å². The van der Waals surface area contributed by atoms with Gasteiger partial charge in [0, 0.05) is 6.54 Å². The van der Waals surface area contributed by atoms with E-state index in [-0.39, 0.29) is 29.4 Å². The molecule has 2 rings (SSSR count). The van der Waals surface area contributed by atoms with Gasteiger partial charge in [0.05, 0.1) is 4.90 Å². The molecule has 2 aromatic rings. The molecule has 0 radical (unpaired) electrons. The molecule has 136 valence electrons. The maximum Gasteiger partial charge on any atom is 0.573 e. The first-order chi connectivity index (χ1) is 11.6. The van der Waals surface area contributed by atoms with Crippen molar-refractivity contribution in [2.24, 2.45) is 0 Å². The summed E-state index contributed by atoms with van der Waals surface area (Å²) in [5, 5.41) is 18.6. The molecule has 0 amide bonds. The SMILES string of the molecule is O=S(=O)(NCCc1ccc(O)c(O)c1)c1ccc(OC(F)(F)F)cc1. The third-order valence-corrected chi connectivity index (χ3v) is 4.59. The molecule has 0 spiro atoms. The Morgan fingerprint density at radius 2 is 1.64 bits per heavy atom. The zero-order valence-corrected chi connectivity index (χ0v) is 13.4. The second-order valence-corrected chi connectivity index (χ2v) is 6.76. The monoisotopic (exact) mass is 377 g/mol. The summed E-state index contributed by atoms with van der Waals surface area (Å²) in [6, 6.07) is 7.89. The molecule has 0 saturated heterocycles. The molecule has 0 heterocycles. The highest BCUT2D eigenvalue weighted by atomic mass is 32.2. The van der Waals surface area contributed by atoms with Gasteiger partial charge < -0.3 is 14.9 Å². The Bertz CT molecular complexity index is 835. The van der Waals surface area contributed by atoms with Crippen molar-refractivity contribution in [1.29, 1.82) is 0 Å². The van der Waals surface area contributed by atoms with E-state index < -0.39 is 22.1 Å². The Morgan fingerprint density at radius 1 is 1.00 bits per heavy atom. The number of nitrogens with one attached hydrogen (secondary N) is 1. The Morgan fingerprint density at radius 3 is 2.20 bits per heavy atom. The van der Waals surface area contributed by atoms with Crippen LogP contribution >= 0.6 is 0 Å². The van der Waals surface area contributed by atoms with Crippen molar-refractivity contribution in [3.63, 3.8) is 0 Å². The predicted octanol–water partition coefficient (Wildman–Crippen LogP) is 2.52. The lowest BCUT2D eigenvalue weighted by molar-refractivity contribution is -0.274. The van der Waals surface area contributed by atoms with Gasteiger partial charge in [0.1, 0.15) is 5.75 Å². The van der Waals surface area contributed by atoms with E-state index >= 15 is 0 Å². The molecule has 0 atom stereocenters. The second-order valence-electron chi connectivity index (χ2n) is 4.99. The third kappa shape index (κ3) is 5.54. The van der Waals surface area contributed by atoms with Gasteiger partial charge in [-0.25, -0.2) is 13.1 Å². The van der Waals surface area contributed by atoms with Crippen molar-refractivity contribution < 1.29 is 36.5 Å². The maximum absolute atomic E-state index is 12.1. The lowest BCUT2D eigenvalue weighted by atomic mass is 10.1. The zero-order valence-electron chi connectivity index (χ0n) is 12.6. The van der Waals surface area contributed by atoms with Crippen LogP contribution in [0.1, 0.15) is 5.56 Å². The molecule has 0 saturated carbocycles. The number of rotatable bonds is 6. The fourth-order valence-electron chi connectivity index (χ4n) is 1.96. The van der Waals surface area contributed by atoms with E-state index in [1.807, 2.05) is 0 Å². The standard InChI is InChI=1S/C15H14F3NO5S/c16-15(17,18)24-11-2-4-12(5-3-11)25(22,23)19-8-7-10-1-6-13(20)14(21)9-10/h1-6,9,19-21H,7-8H2. The quantitative estimate of drug-likeness (QED) is 0.673. The molecule has 0 bridgehead atoms. The molecule has 0 unspecified atom stereocenters. The van der Waals surface area contributed by atoms with Gasteiger partial charge >= 0.3 is 6.36 Å². The highest BCUT2D eigenvalue weighted by Gasteiger charge is 2.31. The van der Waals surface area contributed by atoms with Crippen LogP contribution in [0.2, 0.25) is 0 Å². The van der Waals surface area contributed by atoms with E-state index in [1.54, 1.807) is 0 Å². The molecule has 6 nitrogen and oxygen atoms in total. The number of hydrogen-bond acceptors (Lipinski definition) is 5. The van der Waals surface area contributed by atoms with Gasteiger partial charge in [-0.2, -0.15) is 0 Å². The largest absolute Gasteiger partial charge is 0.573 e. The first-order valence-corrected chi connectivity index (χ1v) is 8.41. The van der Waals surface area contributed by atoms with Crippen LogP contribution in [0.25, 0.3) is 0 Å². The van der Waals surface area contributed by atoms with Crippen LogP contribution in [0.4, 0.5) is 13.2 Å². The van der Waals surface area contributed by atoms with Gasteiger partial charge in [-0.15, -0.1) is 13.2 Å². The van der Waals surface area contributed by atoms with Gasteiger partial charge in [0.2, 0.25) is 10.0 Å². The number of halogens is 3. The Kier molecular flexibility index (Phi) is 5.43. The maximum atomic E-state index is 12.1. The Labute approximate surface area is 141 Å². The van der Waals surface area contributed by atoms with Gasteiger partial charge in [0.15, 0.2) is 11.5 Å².